The highest BCUT2D eigenvalue weighted by atomic mass is 15.5. The first-order valence-corrected chi connectivity index (χ1v) is 10.8. The lowest BCUT2D eigenvalue weighted by Gasteiger charge is -2.18. The van der Waals surface area contributed by atoms with Gasteiger partial charge in [-0.1, -0.05) is 78.4 Å². The molecule has 0 radical (unpaired) electrons. The van der Waals surface area contributed by atoms with E-state index in [0.29, 0.717) is 13.1 Å². The lowest BCUT2D eigenvalue weighted by atomic mass is 9.90. The molecule has 0 aromatic heterocycles. The van der Waals surface area contributed by atoms with Crippen molar-refractivity contribution in [3.05, 3.63) is 106 Å². The fourth-order valence-electron chi connectivity index (χ4n) is 3.93. The molecule has 4 nitrogen and oxygen atoms in total. The molecule has 1 unspecified atom stereocenters. The third-order valence-corrected chi connectivity index (χ3v) is 5.96. The number of rotatable bonds is 5. The Bertz CT molecular complexity index is 1100. The molecular weight excluding hydrogens is 380 g/mol. The number of hydrogen-bond donors (Lipinski definition) is 1. The van der Waals surface area contributed by atoms with Gasteiger partial charge in [0.15, 0.2) is 0 Å². The highest BCUT2D eigenvalue weighted by molar-refractivity contribution is 6.07. The lowest BCUT2D eigenvalue weighted by molar-refractivity contribution is 0.466. The Labute approximate surface area is 185 Å². The number of aryl methyl sites for hydroxylation is 3. The zero-order valence-corrected chi connectivity index (χ0v) is 18.5. The fourth-order valence-corrected chi connectivity index (χ4v) is 3.93. The van der Waals surface area contributed by atoms with Crippen molar-refractivity contribution in [1.82, 2.24) is 5.01 Å². The van der Waals surface area contributed by atoms with Crippen molar-refractivity contribution in [2.24, 2.45) is 15.8 Å². The number of nitrogens with two attached hydrogens (primary N) is 1. The van der Waals surface area contributed by atoms with Crippen LogP contribution in [0.5, 0.6) is 0 Å². The van der Waals surface area contributed by atoms with E-state index >= 15 is 0 Å². The van der Waals surface area contributed by atoms with Gasteiger partial charge in [-0.15, -0.1) is 0 Å². The molecule has 0 saturated heterocycles. The van der Waals surface area contributed by atoms with E-state index in [0.717, 1.165) is 23.7 Å². The minimum Gasteiger partial charge on any atom is -0.324 e. The summed E-state index contributed by atoms with van der Waals surface area (Å²) in [6.45, 7) is 8.08. The van der Waals surface area contributed by atoms with Crippen molar-refractivity contribution in [2.75, 3.05) is 13.1 Å². The Morgan fingerprint density at radius 3 is 2.39 bits per heavy atom. The summed E-state index contributed by atoms with van der Waals surface area (Å²) in [6.07, 6.45) is 0. The second-order valence-electron chi connectivity index (χ2n) is 8.25. The van der Waals surface area contributed by atoms with Gasteiger partial charge in [0.25, 0.3) is 0 Å². The molecule has 1 aliphatic rings. The fraction of sp³-hybridized carbons (Fsp3) is 0.259. The molecule has 0 aliphatic carbocycles. The second kappa shape index (κ2) is 9.27. The van der Waals surface area contributed by atoms with Crippen LogP contribution in [0.25, 0.3) is 0 Å². The van der Waals surface area contributed by atoms with Gasteiger partial charge in [-0.2, -0.15) is 5.10 Å². The van der Waals surface area contributed by atoms with Crippen LogP contribution in [-0.2, 0) is 6.54 Å². The summed E-state index contributed by atoms with van der Waals surface area (Å²) in [7, 11) is 0. The van der Waals surface area contributed by atoms with Crippen molar-refractivity contribution in [3.8, 4) is 0 Å². The quantitative estimate of drug-likeness (QED) is 0.477. The SMILES string of the molecule is Cc1ccc(C2=NN(C(CN)=NCc3ccc(C)c(C)c3)CC2c2ccccc2)cc1. The normalized spacial score (nSPS) is 16.5. The summed E-state index contributed by atoms with van der Waals surface area (Å²) in [5.74, 6) is 1.00. The van der Waals surface area contributed by atoms with Gasteiger partial charge in [0.1, 0.15) is 5.84 Å². The van der Waals surface area contributed by atoms with E-state index in [2.05, 4.69) is 93.6 Å². The molecule has 0 bridgehead atoms. The zero-order chi connectivity index (χ0) is 21.8. The molecule has 1 atom stereocenters. The summed E-state index contributed by atoms with van der Waals surface area (Å²) in [6, 6.07) is 25.6. The number of hydrogen-bond acceptors (Lipinski definition) is 3. The van der Waals surface area contributed by atoms with Gasteiger partial charge in [0, 0.05) is 5.92 Å². The molecule has 0 fully saturated rings. The lowest BCUT2D eigenvalue weighted by Crippen LogP contribution is -2.32. The van der Waals surface area contributed by atoms with Gasteiger partial charge >= 0.3 is 0 Å². The monoisotopic (exact) mass is 410 g/mol. The van der Waals surface area contributed by atoms with Crippen LogP contribution in [-0.4, -0.2) is 29.6 Å². The molecule has 0 amide bonds. The highest BCUT2D eigenvalue weighted by Crippen LogP contribution is 2.29. The van der Waals surface area contributed by atoms with Gasteiger partial charge in [-0.3, -0.25) is 4.99 Å². The summed E-state index contributed by atoms with van der Waals surface area (Å²) < 4.78 is 0. The molecule has 0 spiro atoms. The van der Waals surface area contributed by atoms with Crippen molar-refractivity contribution >= 4 is 11.5 Å². The number of nitrogens with zero attached hydrogens (tertiary/aromatic N) is 3. The maximum Gasteiger partial charge on any atom is 0.134 e. The molecule has 1 heterocycles. The molecule has 3 aromatic rings. The van der Waals surface area contributed by atoms with Gasteiger partial charge < -0.3 is 5.73 Å². The molecule has 4 heteroatoms. The van der Waals surface area contributed by atoms with Crippen molar-refractivity contribution in [1.29, 1.82) is 0 Å². The Kier molecular flexibility index (Phi) is 6.28. The number of aliphatic imine (C=N–C) groups is 1. The van der Waals surface area contributed by atoms with E-state index in [9.17, 15) is 0 Å². The largest absolute Gasteiger partial charge is 0.324 e. The van der Waals surface area contributed by atoms with Crippen LogP contribution >= 0.6 is 0 Å². The number of amidine groups is 1. The first-order chi connectivity index (χ1) is 15.0. The van der Waals surface area contributed by atoms with Gasteiger partial charge in [-0.05, 0) is 48.6 Å². The zero-order valence-electron chi connectivity index (χ0n) is 18.5. The third-order valence-electron chi connectivity index (χ3n) is 5.96. The van der Waals surface area contributed by atoms with Crippen LogP contribution in [0.2, 0.25) is 0 Å². The molecule has 4 rings (SSSR count). The summed E-state index contributed by atoms with van der Waals surface area (Å²) in [5.41, 5.74) is 14.6. The van der Waals surface area contributed by atoms with Crippen molar-refractivity contribution in [3.63, 3.8) is 0 Å². The van der Waals surface area contributed by atoms with Crippen LogP contribution in [0.4, 0.5) is 0 Å². The molecule has 158 valence electrons. The van der Waals surface area contributed by atoms with Crippen LogP contribution < -0.4 is 5.73 Å². The Balaban J connectivity index is 1.64. The van der Waals surface area contributed by atoms with Crippen molar-refractivity contribution < 1.29 is 0 Å². The standard InChI is InChI=1S/C27H30N4/c1-19-9-13-24(14-10-19)27-25(23-7-5-4-6-8-23)18-31(30-27)26(16-28)29-17-22-12-11-20(2)21(3)15-22/h4-15,25H,16-18,28H2,1-3H3. The van der Waals surface area contributed by atoms with Gasteiger partial charge in [-0.25, -0.2) is 5.01 Å². The van der Waals surface area contributed by atoms with E-state index in [1.54, 1.807) is 0 Å². The van der Waals surface area contributed by atoms with Gasteiger partial charge in [0.2, 0.25) is 0 Å². The number of hydrazone groups is 1. The Morgan fingerprint density at radius 1 is 0.968 bits per heavy atom. The highest BCUT2D eigenvalue weighted by Gasteiger charge is 2.30. The maximum atomic E-state index is 6.12. The minimum absolute atomic E-state index is 0.183. The first-order valence-electron chi connectivity index (χ1n) is 10.8. The average Bonchev–Trinajstić information content (AvgIpc) is 3.23. The predicted octanol–water partition coefficient (Wildman–Crippen LogP) is 4.97. The minimum atomic E-state index is 0.183. The first kappa shape index (κ1) is 21.0. The molecule has 2 N–H and O–H groups in total. The molecule has 0 saturated carbocycles. The van der Waals surface area contributed by atoms with Crippen LogP contribution in [0.15, 0.2) is 82.9 Å². The summed E-state index contributed by atoms with van der Waals surface area (Å²) in [5, 5.41) is 6.99. The average molecular weight is 411 g/mol. The van der Waals surface area contributed by atoms with E-state index in [4.69, 9.17) is 15.8 Å². The van der Waals surface area contributed by atoms with Crippen molar-refractivity contribution in [2.45, 2.75) is 33.2 Å². The summed E-state index contributed by atoms with van der Waals surface area (Å²) in [4.78, 5) is 4.85. The van der Waals surface area contributed by atoms with E-state index in [-0.39, 0.29) is 5.92 Å². The van der Waals surface area contributed by atoms with Crippen LogP contribution in [0.3, 0.4) is 0 Å². The Hall–Kier alpha value is -3.24. The van der Waals surface area contributed by atoms with E-state index in [1.165, 1.54) is 27.8 Å². The summed E-state index contributed by atoms with van der Waals surface area (Å²) >= 11 is 0. The molecule has 31 heavy (non-hydrogen) atoms. The second-order valence-corrected chi connectivity index (χ2v) is 8.25. The van der Waals surface area contributed by atoms with E-state index < -0.39 is 0 Å². The predicted molar refractivity (Wildman–Crippen MR) is 130 cm³/mol. The Morgan fingerprint density at radius 2 is 1.71 bits per heavy atom. The molecule has 3 aromatic carbocycles. The molecular formula is C27H30N4. The van der Waals surface area contributed by atoms with Crippen LogP contribution in [0.1, 0.15) is 39.3 Å². The van der Waals surface area contributed by atoms with Gasteiger partial charge in [0.05, 0.1) is 25.3 Å². The van der Waals surface area contributed by atoms with E-state index in [1.807, 2.05) is 5.01 Å². The third kappa shape index (κ3) is 4.75. The smallest absolute Gasteiger partial charge is 0.134 e. The van der Waals surface area contributed by atoms with Crippen LogP contribution in [0, 0.1) is 20.8 Å². The topological polar surface area (TPSA) is 54.0 Å². The number of benzene rings is 3. The molecule has 1 aliphatic heterocycles. The maximum absolute atomic E-state index is 6.12.